The lowest BCUT2D eigenvalue weighted by molar-refractivity contribution is 0.0112. The summed E-state index contributed by atoms with van der Waals surface area (Å²) in [5, 5.41) is 2.96. The molecule has 1 heterocycles. The van der Waals surface area contributed by atoms with Crippen molar-refractivity contribution in [3.05, 3.63) is 35.9 Å². The normalized spacial score (nSPS) is 18.4. The molecule has 1 aromatic carbocycles. The van der Waals surface area contributed by atoms with Crippen LogP contribution in [-0.4, -0.2) is 55.3 Å². The van der Waals surface area contributed by atoms with Crippen LogP contribution in [0.15, 0.2) is 30.3 Å². The topological polar surface area (TPSA) is 67.9 Å². The predicted octanol–water partition coefficient (Wildman–Crippen LogP) is 3.47. The van der Waals surface area contributed by atoms with E-state index in [1.54, 1.807) is 24.1 Å². The van der Waals surface area contributed by atoms with Gasteiger partial charge in [0.15, 0.2) is 0 Å². The number of ether oxygens (including phenoxy) is 2. The summed E-state index contributed by atoms with van der Waals surface area (Å²) in [5.74, 6) is 0.236. The number of nitrogens with zero attached hydrogens (tertiary/aromatic N) is 1. The van der Waals surface area contributed by atoms with Crippen molar-refractivity contribution in [2.45, 2.75) is 51.7 Å². The first-order valence-electron chi connectivity index (χ1n) is 9.63. The molecule has 2 atom stereocenters. The number of likely N-dealkylation sites (N-methyl/N-ethyl adjacent to an activating group) is 1. The molecule has 2 amide bonds. The molecule has 6 nitrogen and oxygen atoms in total. The van der Waals surface area contributed by atoms with E-state index in [2.05, 4.69) is 5.32 Å². The Morgan fingerprint density at radius 2 is 2.00 bits per heavy atom. The molecule has 1 aliphatic heterocycles. The SMILES string of the molecule is CN(C(=O)OC(C)(C)C)[C@H](CNC(=O)c1ccccc1)CC1CCCOC1. The van der Waals surface area contributed by atoms with Gasteiger partial charge in [0, 0.05) is 32.4 Å². The van der Waals surface area contributed by atoms with E-state index in [0.29, 0.717) is 24.6 Å². The second-order valence-corrected chi connectivity index (χ2v) is 8.14. The summed E-state index contributed by atoms with van der Waals surface area (Å²) < 4.78 is 11.1. The highest BCUT2D eigenvalue weighted by Gasteiger charge is 2.28. The van der Waals surface area contributed by atoms with Gasteiger partial charge in [-0.1, -0.05) is 18.2 Å². The number of benzene rings is 1. The van der Waals surface area contributed by atoms with Crippen LogP contribution in [0.4, 0.5) is 4.79 Å². The minimum Gasteiger partial charge on any atom is -0.444 e. The highest BCUT2D eigenvalue weighted by molar-refractivity contribution is 5.94. The summed E-state index contributed by atoms with van der Waals surface area (Å²) >= 11 is 0. The molecule has 150 valence electrons. The standard InChI is InChI=1S/C21H32N2O4/c1-21(2,3)27-20(25)23(4)18(13-16-9-8-12-26-15-16)14-22-19(24)17-10-6-5-7-11-17/h5-7,10-11,16,18H,8-9,12-15H2,1-4H3,(H,22,24)/t16?,18-/m0/s1. The van der Waals surface area contributed by atoms with Gasteiger partial charge in [-0.15, -0.1) is 0 Å². The van der Waals surface area contributed by atoms with E-state index < -0.39 is 5.60 Å². The Hall–Kier alpha value is -2.08. The maximum Gasteiger partial charge on any atom is 0.410 e. The third kappa shape index (κ3) is 7.21. The third-order valence-corrected chi connectivity index (χ3v) is 4.62. The summed E-state index contributed by atoms with van der Waals surface area (Å²) in [7, 11) is 1.73. The summed E-state index contributed by atoms with van der Waals surface area (Å²) in [6.45, 7) is 7.42. The Morgan fingerprint density at radius 3 is 2.59 bits per heavy atom. The number of hydrogen-bond donors (Lipinski definition) is 1. The summed E-state index contributed by atoms with van der Waals surface area (Å²) in [6, 6.07) is 8.93. The van der Waals surface area contributed by atoms with Gasteiger partial charge >= 0.3 is 6.09 Å². The van der Waals surface area contributed by atoms with Gasteiger partial charge in [0.1, 0.15) is 5.60 Å². The minimum absolute atomic E-state index is 0.141. The number of nitrogens with one attached hydrogen (secondary N) is 1. The Bertz CT molecular complexity index is 606. The van der Waals surface area contributed by atoms with E-state index in [1.165, 1.54) is 0 Å². The maximum absolute atomic E-state index is 12.5. The van der Waals surface area contributed by atoms with Gasteiger partial charge in [-0.25, -0.2) is 4.79 Å². The fraction of sp³-hybridized carbons (Fsp3) is 0.619. The predicted molar refractivity (Wildman–Crippen MR) is 105 cm³/mol. The van der Waals surface area contributed by atoms with Crippen molar-refractivity contribution in [1.29, 1.82) is 0 Å². The lowest BCUT2D eigenvalue weighted by Gasteiger charge is -2.34. The van der Waals surface area contributed by atoms with E-state index in [0.717, 1.165) is 25.9 Å². The molecule has 1 N–H and O–H groups in total. The van der Waals surface area contributed by atoms with Crippen molar-refractivity contribution in [3.8, 4) is 0 Å². The van der Waals surface area contributed by atoms with Crippen molar-refractivity contribution in [2.24, 2.45) is 5.92 Å². The Balaban J connectivity index is 2.01. The van der Waals surface area contributed by atoms with Crippen LogP contribution >= 0.6 is 0 Å². The Kier molecular flexibility index (Phi) is 7.66. The molecule has 0 radical (unpaired) electrons. The van der Waals surface area contributed by atoms with Gasteiger partial charge in [-0.2, -0.15) is 0 Å². The average molecular weight is 376 g/mol. The van der Waals surface area contributed by atoms with E-state index in [1.807, 2.05) is 39.0 Å². The molecule has 0 bridgehead atoms. The monoisotopic (exact) mass is 376 g/mol. The molecular weight excluding hydrogens is 344 g/mol. The van der Waals surface area contributed by atoms with Crippen molar-refractivity contribution < 1.29 is 19.1 Å². The van der Waals surface area contributed by atoms with Crippen LogP contribution in [0.2, 0.25) is 0 Å². The molecule has 1 fully saturated rings. The Labute approximate surface area is 162 Å². The highest BCUT2D eigenvalue weighted by atomic mass is 16.6. The van der Waals surface area contributed by atoms with Crippen molar-refractivity contribution >= 4 is 12.0 Å². The molecule has 0 aliphatic carbocycles. The zero-order chi connectivity index (χ0) is 19.9. The van der Waals surface area contributed by atoms with Crippen LogP contribution in [0, 0.1) is 5.92 Å². The lowest BCUT2D eigenvalue weighted by atomic mass is 9.93. The number of amides is 2. The smallest absolute Gasteiger partial charge is 0.410 e. The third-order valence-electron chi connectivity index (χ3n) is 4.62. The fourth-order valence-electron chi connectivity index (χ4n) is 3.14. The second kappa shape index (κ2) is 9.74. The molecular formula is C21H32N2O4. The van der Waals surface area contributed by atoms with Gasteiger partial charge in [0.2, 0.25) is 0 Å². The molecule has 2 rings (SSSR count). The van der Waals surface area contributed by atoms with E-state index in [-0.39, 0.29) is 18.0 Å². The van der Waals surface area contributed by atoms with Gasteiger partial charge in [-0.05, 0) is 58.1 Å². The van der Waals surface area contributed by atoms with Crippen molar-refractivity contribution in [3.63, 3.8) is 0 Å². The van der Waals surface area contributed by atoms with Crippen LogP contribution in [0.3, 0.4) is 0 Å². The first-order chi connectivity index (χ1) is 12.8. The van der Waals surface area contributed by atoms with Crippen molar-refractivity contribution in [2.75, 3.05) is 26.8 Å². The molecule has 27 heavy (non-hydrogen) atoms. The highest BCUT2D eigenvalue weighted by Crippen LogP contribution is 2.22. The van der Waals surface area contributed by atoms with Crippen LogP contribution in [-0.2, 0) is 9.47 Å². The molecule has 1 unspecified atom stereocenters. The number of carbonyl (C=O) groups excluding carboxylic acids is 2. The molecule has 1 saturated heterocycles. The average Bonchev–Trinajstić information content (AvgIpc) is 2.64. The van der Waals surface area contributed by atoms with Crippen LogP contribution in [0.25, 0.3) is 0 Å². The van der Waals surface area contributed by atoms with Crippen LogP contribution < -0.4 is 5.32 Å². The van der Waals surface area contributed by atoms with E-state index in [4.69, 9.17) is 9.47 Å². The molecule has 1 aromatic rings. The first kappa shape index (κ1) is 21.2. The quantitative estimate of drug-likeness (QED) is 0.825. The molecule has 1 aliphatic rings. The van der Waals surface area contributed by atoms with Crippen LogP contribution in [0.5, 0.6) is 0 Å². The first-order valence-corrected chi connectivity index (χ1v) is 9.63. The van der Waals surface area contributed by atoms with Gasteiger partial charge < -0.3 is 19.7 Å². The molecule has 6 heteroatoms. The van der Waals surface area contributed by atoms with Gasteiger partial charge in [-0.3, -0.25) is 4.79 Å². The van der Waals surface area contributed by atoms with E-state index >= 15 is 0 Å². The van der Waals surface area contributed by atoms with Gasteiger partial charge in [0.25, 0.3) is 5.91 Å². The largest absolute Gasteiger partial charge is 0.444 e. The molecule has 0 spiro atoms. The van der Waals surface area contributed by atoms with Crippen molar-refractivity contribution in [1.82, 2.24) is 10.2 Å². The minimum atomic E-state index is -0.558. The Morgan fingerprint density at radius 1 is 1.30 bits per heavy atom. The fourth-order valence-corrected chi connectivity index (χ4v) is 3.14. The zero-order valence-corrected chi connectivity index (χ0v) is 16.9. The van der Waals surface area contributed by atoms with Gasteiger partial charge in [0.05, 0.1) is 6.04 Å². The summed E-state index contributed by atoms with van der Waals surface area (Å²) in [5.41, 5.74) is 0.0501. The second-order valence-electron chi connectivity index (χ2n) is 8.14. The number of rotatable bonds is 6. The summed E-state index contributed by atoms with van der Waals surface area (Å²) in [6.07, 6.45) is 2.50. The molecule has 0 aromatic heterocycles. The summed E-state index contributed by atoms with van der Waals surface area (Å²) in [4.78, 5) is 26.5. The van der Waals surface area contributed by atoms with Crippen LogP contribution in [0.1, 0.15) is 50.4 Å². The molecule has 0 saturated carbocycles. The number of hydrogen-bond acceptors (Lipinski definition) is 4. The number of carbonyl (C=O) groups is 2. The lowest BCUT2D eigenvalue weighted by Crippen LogP contribution is -2.47. The van der Waals surface area contributed by atoms with E-state index in [9.17, 15) is 9.59 Å². The maximum atomic E-state index is 12.5. The zero-order valence-electron chi connectivity index (χ0n) is 16.9.